The van der Waals surface area contributed by atoms with Crippen LogP contribution < -0.4 is 10.1 Å². The van der Waals surface area contributed by atoms with Crippen LogP contribution in [-0.2, 0) is 0 Å². The van der Waals surface area contributed by atoms with E-state index < -0.39 is 0 Å². The number of methoxy groups -OCH3 is 1. The Bertz CT molecular complexity index is 573. The highest BCUT2D eigenvalue weighted by atomic mass is 32.2. The van der Waals surface area contributed by atoms with Crippen molar-refractivity contribution in [3.8, 4) is 5.75 Å². The molecule has 20 heavy (non-hydrogen) atoms. The zero-order valence-corrected chi connectivity index (χ0v) is 12.8. The number of aliphatic hydroxyl groups excluding tert-OH is 1. The number of thioether (sulfide) groups is 1. The van der Waals surface area contributed by atoms with E-state index in [2.05, 4.69) is 17.2 Å². The molecule has 0 amide bonds. The minimum Gasteiger partial charge on any atom is -0.497 e. The monoisotopic (exact) mass is 292 g/mol. The average molecular weight is 292 g/mol. The number of pyridine rings is 1. The van der Waals surface area contributed by atoms with Crippen molar-refractivity contribution >= 4 is 28.4 Å². The van der Waals surface area contributed by atoms with Gasteiger partial charge in [0.2, 0.25) is 0 Å². The first kappa shape index (κ1) is 14.9. The van der Waals surface area contributed by atoms with Gasteiger partial charge in [-0.1, -0.05) is 6.07 Å². The van der Waals surface area contributed by atoms with Crippen molar-refractivity contribution in [2.45, 2.75) is 18.2 Å². The summed E-state index contributed by atoms with van der Waals surface area (Å²) >= 11 is 1.65. The van der Waals surface area contributed by atoms with E-state index in [9.17, 15) is 5.11 Å². The molecule has 0 spiro atoms. The summed E-state index contributed by atoms with van der Waals surface area (Å²) in [5.74, 6) is 1.63. The molecule has 0 radical (unpaired) electrons. The van der Waals surface area contributed by atoms with Gasteiger partial charge in [-0.25, -0.2) is 4.98 Å². The first-order chi connectivity index (χ1) is 9.69. The Morgan fingerprint density at radius 3 is 2.85 bits per heavy atom. The molecule has 0 fully saturated rings. The number of anilines is 1. The maximum absolute atomic E-state index is 9.37. The Morgan fingerprint density at radius 1 is 1.40 bits per heavy atom. The van der Waals surface area contributed by atoms with Crippen LogP contribution in [0.4, 0.5) is 5.82 Å². The average Bonchev–Trinajstić information content (AvgIpc) is 2.48. The van der Waals surface area contributed by atoms with E-state index in [1.54, 1.807) is 25.1 Å². The van der Waals surface area contributed by atoms with Crippen molar-refractivity contribution in [2.75, 3.05) is 25.3 Å². The molecule has 1 aromatic heterocycles. The zero-order valence-electron chi connectivity index (χ0n) is 12.0. The van der Waals surface area contributed by atoms with Crippen LogP contribution >= 0.6 is 11.8 Å². The van der Waals surface area contributed by atoms with E-state index in [0.29, 0.717) is 0 Å². The summed E-state index contributed by atoms with van der Waals surface area (Å²) < 4.78 is 5.27. The molecule has 0 aliphatic rings. The van der Waals surface area contributed by atoms with Crippen molar-refractivity contribution in [1.29, 1.82) is 0 Å². The molecular weight excluding hydrogens is 272 g/mol. The van der Waals surface area contributed by atoms with Gasteiger partial charge in [-0.15, -0.1) is 0 Å². The van der Waals surface area contributed by atoms with E-state index in [4.69, 9.17) is 4.74 Å². The van der Waals surface area contributed by atoms with Crippen molar-refractivity contribution in [3.05, 3.63) is 30.5 Å². The summed E-state index contributed by atoms with van der Waals surface area (Å²) in [5, 5.41) is 15.0. The highest BCUT2D eigenvalue weighted by Crippen LogP contribution is 2.27. The third kappa shape index (κ3) is 3.16. The fourth-order valence-corrected chi connectivity index (χ4v) is 2.76. The van der Waals surface area contributed by atoms with Crippen LogP contribution in [0, 0.1) is 0 Å². The third-order valence-corrected chi connectivity index (χ3v) is 4.54. The highest BCUT2D eigenvalue weighted by Gasteiger charge is 2.16. The fourth-order valence-electron chi connectivity index (χ4n) is 2.13. The van der Waals surface area contributed by atoms with Gasteiger partial charge < -0.3 is 15.2 Å². The van der Waals surface area contributed by atoms with E-state index >= 15 is 0 Å². The van der Waals surface area contributed by atoms with E-state index in [-0.39, 0.29) is 17.9 Å². The van der Waals surface area contributed by atoms with Gasteiger partial charge in [0.1, 0.15) is 11.6 Å². The molecule has 2 N–H and O–H groups in total. The molecule has 2 unspecified atom stereocenters. The first-order valence-corrected chi connectivity index (χ1v) is 7.81. The van der Waals surface area contributed by atoms with Crippen molar-refractivity contribution in [1.82, 2.24) is 4.98 Å². The lowest BCUT2D eigenvalue weighted by atomic mass is 10.1. The van der Waals surface area contributed by atoms with Crippen molar-refractivity contribution < 1.29 is 9.84 Å². The minimum absolute atomic E-state index is 0.124. The maximum atomic E-state index is 9.37. The number of hydrogen-bond donors (Lipinski definition) is 2. The molecule has 1 aromatic carbocycles. The Hall–Kier alpha value is -1.46. The summed E-state index contributed by atoms with van der Waals surface area (Å²) in [7, 11) is 1.66. The van der Waals surface area contributed by atoms with E-state index in [1.165, 1.54) is 0 Å². The number of aliphatic hydroxyl groups is 1. The molecule has 2 aromatic rings. The predicted octanol–water partition coefficient (Wildman–Crippen LogP) is 2.77. The molecule has 2 atom stereocenters. The second-order valence-electron chi connectivity index (χ2n) is 4.64. The quantitative estimate of drug-likeness (QED) is 0.857. The Balaban J connectivity index is 2.33. The molecule has 0 bridgehead atoms. The van der Waals surface area contributed by atoms with Crippen LogP contribution in [0.5, 0.6) is 5.75 Å². The lowest BCUT2D eigenvalue weighted by molar-refractivity contribution is 0.288. The Labute approximate surface area is 123 Å². The van der Waals surface area contributed by atoms with Gasteiger partial charge in [0, 0.05) is 22.9 Å². The topological polar surface area (TPSA) is 54.4 Å². The molecule has 0 aliphatic heterocycles. The predicted molar refractivity (Wildman–Crippen MR) is 85.8 cm³/mol. The lowest BCUT2D eigenvalue weighted by Gasteiger charge is -2.22. The second-order valence-corrected chi connectivity index (χ2v) is 5.71. The molecule has 2 rings (SSSR count). The summed E-state index contributed by atoms with van der Waals surface area (Å²) in [6.45, 7) is 2.20. The summed E-state index contributed by atoms with van der Waals surface area (Å²) in [6, 6.07) is 8.03. The number of fused-ring (bicyclic) bond motifs is 1. The van der Waals surface area contributed by atoms with Crippen LogP contribution in [-0.4, -0.2) is 41.4 Å². The largest absolute Gasteiger partial charge is 0.497 e. The Kier molecular flexibility index (Phi) is 5.09. The second kappa shape index (κ2) is 6.81. The molecule has 5 heteroatoms. The zero-order chi connectivity index (χ0) is 14.5. The maximum Gasteiger partial charge on any atom is 0.134 e. The van der Waals surface area contributed by atoms with Gasteiger partial charge in [0.05, 0.1) is 13.7 Å². The minimum atomic E-state index is 0.124. The van der Waals surface area contributed by atoms with Gasteiger partial charge in [0.25, 0.3) is 0 Å². The van der Waals surface area contributed by atoms with Crippen LogP contribution in [0.25, 0.3) is 10.8 Å². The number of nitrogens with zero attached hydrogens (tertiary/aromatic N) is 1. The fraction of sp³-hybridized carbons (Fsp3) is 0.400. The number of nitrogens with one attached hydrogen (secondary N) is 1. The molecule has 4 nitrogen and oxygen atoms in total. The van der Waals surface area contributed by atoms with Gasteiger partial charge >= 0.3 is 0 Å². The number of aromatic nitrogens is 1. The molecule has 108 valence electrons. The van der Waals surface area contributed by atoms with Crippen molar-refractivity contribution in [3.63, 3.8) is 0 Å². The van der Waals surface area contributed by atoms with E-state index in [1.807, 2.05) is 30.5 Å². The summed E-state index contributed by atoms with van der Waals surface area (Å²) in [4.78, 5) is 4.42. The van der Waals surface area contributed by atoms with Crippen LogP contribution in [0.3, 0.4) is 0 Å². The van der Waals surface area contributed by atoms with Gasteiger partial charge in [0.15, 0.2) is 0 Å². The lowest BCUT2D eigenvalue weighted by Crippen LogP contribution is -2.31. The van der Waals surface area contributed by atoms with Crippen LogP contribution in [0.2, 0.25) is 0 Å². The van der Waals surface area contributed by atoms with E-state index in [0.717, 1.165) is 22.3 Å². The smallest absolute Gasteiger partial charge is 0.134 e. The first-order valence-electron chi connectivity index (χ1n) is 6.52. The molecule has 1 heterocycles. The molecule has 0 saturated carbocycles. The SMILES string of the molecule is COc1ccc2ccnc(NC(C)C(CO)SC)c2c1. The number of benzene rings is 1. The molecular formula is C15H20N2O2S. The normalized spacial score (nSPS) is 14.0. The number of hydrogen-bond acceptors (Lipinski definition) is 5. The summed E-state index contributed by atoms with van der Waals surface area (Å²) in [5.41, 5.74) is 0. The summed E-state index contributed by atoms with van der Waals surface area (Å²) in [6.07, 6.45) is 3.79. The molecule has 0 saturated heterocycles. The third-order valence-electron chi connectivity index (χ3n) is 3.38. The standard InChI is InChI=1S/C15H20N2O2S/c1-10(14(9-18)20-3)17-15-13-8-12(19-2)5-4-11(13)6-7-16-15/h4-8,10,14,18H,9H2,1-3H3,(H,16,17). The van der Waals surface area contributed by atoms with Gasteiger partial charge in [-0.3, -0.25) is 0 Å². The molecule has 0 aliphatic carbocycles. The number of rotatable bonds is 6. The van der Waals surface area contributed by atoms with Gasteiger partial charge in [-0.2, -0.15) is 11.8 Å². The number of ether oxygens (including phenoxy) is 1. The van der Waals surface area contributed by atoms with Crippen LogP contribution in [0.15, 0.2) is 30.5 Å². The van der Waals surface area contributed by atoms with Crippen molar-refractivity contribution in [2.24, 2.45) is 0 Å². The van der Waals surface area contributed by atoms with Gasteiger partial charge in [-0.05, 0) is 36.8 Å². The highest BCUT2D eigenvalue weighted by molar-refractivity contribution is 7.99. The van der Waals surface area contributed by atoms with Crippen LogP contribution in [0.1, 0.15) is 6.92 Å². The Morgan fingerprint density at radius 2 is 2.20 bits per heavy atom.